The predicted molar refractivity (Wildman–Crippen MR) is 242 cm³/mol. The van der Waals surface area contributed by atoms with Gasteiger partial charge in [-0.1, -0.05) is 164 Å². The van der Waals surface area contributed by atoms with Crippen LogP contribution in [0.5, 0.6) is 0 Å². The summed E-state index contributed by atoms with van der Waals surface area (Å²) in [6.45, 7) is 0. The summed E-state index contributed by atoms with van der Waals surface area (Å²) in [5, 5.41) is 11.0. The molecule has 0 saturated carbocycles. The van der Waals surface area contributed by atoms with Gasteiger partial charge in [0.25, 0.3) is 0 Å². The molecule has 2 aromatic heterocycles. The van der Waals surface area contributed by atoms with E-state index in [1.165, 1.54) is 5.56 Å². The van der Waals surface area contributed by atoms with E-state index in [1.54, 1.807) is 0 Å². The van der Waals surface area contributed by atoms with Gasteiger partial charge in [-0.2, -0.15) is 0 Å². The third-order valence-corrected chi connectivity index (χ3v) is 11.5. The highest BCUT2D eigenvalue weighted by Crippen LogP contribution is 2.41. The molecule has 0 radical (unpaired) electrons. The van der Waals surface area contributed by atoms with Crippen LogP contribution < -0.4 is 0 Å². The number of oxazole rings is 1. The Morgan fingerprint density at radius 2 is 0.864 bits per heavy atom. The maximum atomic E-state index is 6.63. The van der Waals surface area contributed by atoms with Crippen LogP contribution in [0.1, 0.15) is 0 Å². The zero-order chi connectivity index (χ0) is 38.9. The van der Waals surface area contributed by atoms with E-state index in [4.69, 9.17) is 24.4 Å². The van der Waals surface area contributed by atoms with Gasteiger partial charge in [0.2, 0.25) is 5.89 Å². The summed E-state index contributed by atoms with van der Waals surface area (Å²) in [5.41, 5.74) is 7.67. The molecule has 0 aliphatic carbocycles. The third-order valence-electron chi connectivity index (χ3n) is 11.5. The highest BCUT2D eigenvalue weighted by molar-refractivity contribution is 6.27. The van der Waals surface area contributed by atoms with Crippen molar-refractivity contribution in [2.75, 3.05) is 0 Å². The largest absolute Gasteiger partial charge is 0.435 e. The Kier molecular flexibility index (Phi) is 7.47. The van der Waals surface area contributed by atoms with Gasteiger partial charge in [0, 0.05) is 33.0 Å². The highest BCUT2D eigenvalue weighted by atomic mass is 16.3. The molecule has 10 aromatic carbocycles. The second kappa shape index (κ2) is 13.3. The molecule has 274 valence electrons. The molecule has 0 atom stereocenters. The van der Waals surface area contributed by atoms with Crippen LogP contribution in [0, 0.1) is 0 Å². The predicted octanol–water partition coefficient (Wildman–Crippen LogP) is 14.1. The van der Waals surface area contributed by atoms with Crippen LogP contribution >= 0.6 is 0 Å². The lowest BCUT2D eigenvalue weighted by Gasteiger charge is -2.14. The monoisotopic (exact) mass is 752 g/mol. The fourth-order valence-electron chi connectivity index (χ4n) is 8.71. The first-order chi connectivity index (χ1) is 29.2. The van der Waals surface area contributed by atoms with Gasteiger partial charge in [-0.15, -0.1) is 0 Å². The van der Waals surface area contributed by atoms with Crippen molar-refractivity contribution in [2.45, 2.75) is 0 Å². The highest BCUT2D eigenvalue weighted by Gasteiger charge is 2.20. The molecule has 0 saturated heterocycles. The van der Waals surface area contributed by atoms with E-state index in [0.717, 1.165) is 92.8 Å². The molecule has 5 heteroatoms. The molecular weight excluding hydrogens is 721 g/mol. The van der Waals surface area contributed by atoms with E-state index >= 15 is 0 Å². The summed E-state index contributed by atoms with van der Waals surface area (Å²) >= 11 is 0. The van der Waals surface area contributed by atoms with Crippen molar-refractivity contribution in [3.8, 4) is 56.7 Å². The SMILES string of the molecule is c1ccc(-c2nc3ccc4ccc5ccc6c(-c7nc(-c8ccc9ccccc9c8)nc(-c8ccc(-c9ccccc9)c9ccccc89)n7)cccc6c5c4c3o2)cc1. The molecule has 5 nitrogen and oxygen atoms in total. The number of benzene rings is 10. The van der Waals surface area contributed by atoms with E-state index in [1.807, 2.05) is 36.4 Å². The number of hydrogen-bond donors (Lipinski definition) is 0. The maximum Gasteiger partial charge on any atom is 0.227 e. The van der Waals surface area contributed by atoms with Gasteiger partial charge in [-0.05, 0) is 84.5 Å². The fourth-order valence-corrected chi connectivity index (χ4v) is 8.71. The Bertz CT molecular complexity index is 3610. The molecule has 59 heavy (non-hydrogen) atoms. The summed E-state index contributed by atoms with van der Waals surface area (Å²) in [4.78, 5) is 20.8. The van der Waals surface area contributed by atoms with Crippen LogP contribution in [-0.4, -0.2) is 19.9 Å². The fraction of sp³-hybridized carbons (Fsp3) is 0. The van der Waals surface area contributed by atoms with E-state index < -0.39 is 0 Å². The summed E-state index contributed by atoms with van der Waals surface area (Å²) < 4.78 is 6.63. The van der Waals surface area contributed by atoms with Gasteiger partial charge in [-0.3, -0.25) is 0 Å². The van der Waals surface area contributed by atoms with Crippen LogP contribution in [0.4, 0.5) is 0 Å². The van der Waals surface area contributed by atoms with Gasteiger partial charge < -0.3 is 4.42 Å². The minimum atomic E-state index is 0.606. The van der Waals surface area contributed by atoms with Crippen molar-refractivity contribution < 1.29 is 4.42 Å². The van der Waals surface area contributed by atoms with Gasteiger partial charge >= 0.3 is 0 Å². The first-order valence-corrected chi connectivity index (χ1v) is 19.8. The van der Waals surface area contributed by atoms with E-state index in [9.17, 15) is 0 Å². The van der Waals surface area contributed by atoms with Crippen molar-refractivity contribution in [3.05, 3.63) is 194 Å². The molecule has 12 rings (SSSR count). The summed E-state index contributed by atoms with van der Waals surface area (Å²) in [6, 6.07) is 67.6. The van der Waals surface area contributed by atoms with Crippen molar-refractivity contribution in [1.82, 2.24) is 19.9 Å². The Labute approximate surface area is 338 Å². The summed E-state index contributed by atoms with van der Waals surface area (Å²) in [5.74, 6) is 2.45. The Morgan fingerprint density at radius 3 is 1.66 bits per heavy atom. The van der Waals surface area contributed by atoms with Crippen molar-refractivity contribution in [2.24, 2.45) is 0 Å². The molecule has 0 unspecified atom stereocenters. The van der Waals surface area contributed by atoms with Crippen molar-refractivity contribution in [3.63, 3.8) is 0 Å². The van der Waals surface area contributed by atoms with E-state index in [0.29, 0.717) is 23.4 Å². The number of fused-ring (bicyclic) bond motifs is 9. The van der Waals surface area contributed by atoms with Gasteiger partial charge in [0.1, 0.15) is 5.52 Å². The normalized spacial score (nSPS) is 11.7. The zero-order valence-electron chi connectivity index (χ0n) is 31.7. The molecule has 0 spiro atoms. The molecule has 12 aromatic rings. The average molecular weight is 753 g/mol. The van der Waals surface area contributed by atoms with Gasteiger partial charge in [0.15, 0.2) is 23.1 Å². The van der Waals surface area contributed by atoms with Crippen LogP contribution in [-0.2, 0) is 0 Å². The minimum absolute atomic E-state index is 0.606. The molecule has 0 amide bonds. The molecule has 0 bridgehead atoms. The first-order valence-electron chi connectivity index (χ1n) is 19.8. The lowest BCUT2D eigenvalue weighted by molar-refractivity contribution is 0.623. The van der Waals surface area contributed by atoms with Gasteiger partial charge in [-0.25, -0.2) is 19.9 Å². The van der Waals surface area contributed by atoms with Crippen LogP contribution in [0.3, 0.4) is 0 Å². The first kappa shape index (κ1) is 33.2. The second-order valence-electron chi connectivity index (χ2n) is 15.0. The van der Waals surface area contributed by atoms with E-state index in [-0.39, 0.29) is 0 Å². The molecule has 0 aliphatic rings. The second-order valence-corrected chi connectivity index (χ2v) is 15.0. The molecule has 2 heterocycles. The summed E-state index contributed by atoms with van der Waals surface area (Å²) in [6.07, 6.45) is 0. The van der Waals surface area contributed by atoms with E-state index in [2.05, 4.69) is 158 Å². The molecule has 0 N–H and O–H groups in total. The van der Waals surface area contributed by atoms with Gasteiger partial charge in [0.05, 0.1) is 0 Å². The smallest absolute Gasteiger partial charge is 0.227 e. The summed E-state index contributed by atoms with van der Waals surface area (Å²) in [7, 11) is 0. The Morgan fingerprint density at radius 1 is 0.305 bits per heavy atom. The zero-order valence-corrected chi connectivity index (χ0v) is 31.7. The number of nitrogens with zero attached hydrogens (tertiary/aromatic N) is 4. The lowest BCUT2D eigenvalue weighted by atomic mass is 9.93. The molecule has 0 fully saturated rings. The van der Waals surface area contributed by atoms with Crippen LogP contribution in [0.15, 0.2) is 199 Å². The lowest BCUT2D eigenvalue weighted by Crippen LogP contribution is -2.01. The standard InChI is InChI=1S/C54H32N4O/c1-3-13-34(14-4-1)40-29-30-46(42-19-10-9-18-41(40)42)53-57-51(39-25-22-33-12-7-8-17-38(33)32-39)56-52(58-53)45-21-11-20-44-43(45)28-26-35-23-24-36-27-31-47-50(49(36)48(35)44)59-54(55-47)37-15-5-2-6-16-37/h1-32H. The van der Waals surface area contributed by atoms with Crippen molar-refractivity contribution in [1.29, 1.82) is 0 Å². The third kappa shape index (κ3) is 5.47. The quantitative estimate of drug-likeness (QED) is 0.164. The number of hydrogen-bond acceptors (Lipinski definition) is 5. The topological polar surface area (TPSA) is 64.7 Å². The molecular formula is C54H32N4O. The van der Waals surface area contributed by atoms with Crippen LogP contribution in [0.25, 0.3) is 122 Å². The Hall–Kier alpha value is -8.02. The molecule has 0 aliphatic heterocycles. The Balaban J connectivity index is 1.11. The minimum Gasteiger partial charge on any atom is -0.435 e. The average Bonchev–Trinajstić information content (AvgIpc) is 3.76. The van der Waals surface area contributed by atoms with Crippen molar-refractivity contribution >= 4 is 65.0 Å². The number of rotatable bonds is 5. The maximum absolute atomic E-state index is 6.63. The number of aromatic nitrogens is 4. The van der Waals surface area contributed by atoms with Crippen LogP contribution in [0.2, 0.25) is 0 Å².